The molecule has 166 valence electrons. The molecule has 0 aliphatic carbocycles. The van der Waals surface area contributed by atoms with Crippen LogP contribution >= 0.6 is 24.4 Å². The van der Waals surface area contributed by atoms with Gasteiger partial charge < -0.3 is 30.7 Å². The Bertz CT molecular complexity index is 994. The van der Waals surface area contributed by atoms with E-state index in [-0.39, 0.29) is 0 Å². The molecule has 0 saturated carbocycles. The molecule has 0 bridgehead atoms. The number of hydrogen-bond donors (Lipinski definition) is 4. The van der Waals surface area contributed by atoms with E-state index < -0.39 is 0 Å². The lowest BCUT2D eigenvalue weighted by atomic mass is 10.1. The largest absolute Gasteiger partial charge is 0.497 e. The minimum atomic E-state index is 0.547. The van der Waals surface area contributed by atoms with Crippen molar-refractivity contribution in [3.05, 3.63) is 83.9 Å². The summed E-state index contributed by atoms with van der Waals surface area (Å²) in [5.74, 6) is 1.55. The van der Waals surface area contributed by atoms with Gasteiger partial charge in [0.05, 0.1) is 14.2 Å². The van der Waals surface area contributed by atoms with Crippen LogP contribution < -0.4 is 30.7 Å². The van der Waals surface area contributed by atoms with Crippen LogP contribution in [0.25, 0.3) is 0 Å². The van der Waals surface area contributed by atoms with Gasteiger partial charge in [-0.3, -0.25) is 0 Å². The first kappa shape index (κ1) is 23.3. The van der Waals surface area contributed by atoms with Crippen LogP contribution in [0.3, 0.4) is 0 Å². The number of nitrogens with one attached hydrogen (secondary N) is 4. The number of thiocarbonyl (C=S) groups is 2. The molecule has 0 fully saturated rings. The van der Waals surface area contributed by atoms with E-state index in [0.29, 0.717) is 23.3 Å². The Labute approximate surface area is 199 Å². The molecular formula is C24H26N4O2S2. The molecule has 0 aliphatic rings. The van der Waals surface area contributed by atoms with Gasteiger partial charge in [0, 0.05) is 36.6 Å². The van der Waals surface area contributed by atoms with Gasteiger partial charge in [-0.15, -0.1) is 0 Å². The van der Waals surface area contributed by atoms with Crippen molar-refractivity contribution in [3.63, 3.8) is 0 Å². The summed E-state index contributed by atoms with van der Waals surface area (Å²) in [5, 5.41) is 13.9. The maximum atomic E-state index is 5.40. The third-order valence-electron chi connectivity index (χ3n) is 4.55. The highest BCUT2D eigenvalue weighted by Gasteiger charge is 2.03. The van der Waals surface area contributed by atoms with Gasteiger partial charge in [0.2, 0.25) is 0 Å². The molecule has 0 aromatic heterocycles. The average Bonchev–Trinajstić information content (AvgIpc) is 2.82. The first-order valence-electron chi connectivity index (χ1n) is 10.0. The molecular weight excluding hydrogens is 440 g/mol. The Morgan fingerprint density at radius 1 is 0.656 bits per heavy atom. The van der Waals surface area contributed by atoms with Gasteiger partial charge in [-0.1, -0.05) is 36.4 Å². The van der Waals surface area contributed by atoms with E-state index in [1.165, 1.54) is 0 Å². The van der Waals surface area contributed by atoms with E-state index in [4.69, 9.17) is 33.9 Å². The summed E-state index contributed by atoms with van der Waals surface area (Å²) in [6.07, 6.45) is 0. The van der Waals surface area contributed by atoms with E-state index >= 15 is 0 Å². The molecule has 0 unspecified atom stereocenters. The number of anilines is 2. The van der Waals surface area contributed by atoms with Gasteiger partial charge in [0.25, 0.3) is 0 Å². The second-order valence-corrected chi connectivity index (χ2v) is 7.72. The Morgan fingerprint density at radius 2 is 1.09 bits per heavy atom. The second-order valence-electron chi connectivity index (χ2n) is 6.90. The predicted molar refractivity (Wildman–Crippen MR) is 139 cm³/mol. The van der Waals surface area contributed by atoms with E-state index in [2.05, 4.69) is 39.5 Å². The van der Waals surface area contributed by atoms with Crippen molar-refractivity contribution in [1.82, 2.24) is 10.6 Å². The zero-order chi connectivity index (χ0) is 22.8. The highest BCUT2D eigenvalue weighted by atomic mass is 32.1. The monoisotopic (exact) mass is 466 g/mol. The Balaban J connectivity index is 1.47. The molecule has 6 nitrogen and oxygen atoms in total. The zero-order valence-corrected chi connectivity index (χ0v) is 19.6. The smallest absolute Gasteiger partial charge is 0.171 e. The lowest BCUT2D eigenvalue weighted by Gasteiger charge is -2.13. The first-order chi connectivity index (χ1) is 15.6. The highest BCUT2D eigenvalue weighted by molar-refractivity contribution is 7.80. The van der Waals surface area contributed by atoms with Crippen molar-refractivity contribution < 1.29 is 9.47 Å². The summed E-state index contributed by atoms with van der Waals surface area (Å²) in [5.41, 5.74) is 3.98. The summed E-state index contributed by atoms with van der Waals surface area (Å²) in [6.45, 7) is 1.21. The highest BCUT2D eigenvalue weighted by Crippen LogP contribution is 2.17. The van der Waals surface area contributed by atoms with Crippen LogP contribution in [0.4, 0.5) is 11.4 Å². The zero-order valence-electron chi connectivity index (χ0n) is 18.0. The third-order valence-corrected chi connectivity index (χ3v) is 5.05. The molecule has 8 heteroatoms. The molecule has 0 heterocycles. The molecule has 32 heavy (non-hydrogen) atoms. The van der Waals surface area contributed by atoms with Gasteiger partial charge in [0.15, 0.2) is 10.2 Å². The fourth-order valence-corrected chi connectivity index (χ4v) is 3.35. The molecule has 0 radical (unpaired) electrons. The molecule has 0 saturated heterocycles. The number of methoxy groups -OCH3 is 2. The summed E-state index contributed by atoms with van der Waals surface area (Å²) in [4.78, 5) is 0. The molecule has 0 atom stereocenters. The van der Waals surface area contributed by atoms with E-state index in [9.17, 15) is 0 Å². The van der Waals surface area contributed by atoms with Crippen LogP contribution in [0.5, 0.6) is 11.5 Å². The maximum Gasteiger partial charge on any atom is 0.171 e. The van der Waals surface area contributed by atoms with Crippen molar-refractivity contribution in [2.24, 2.45) is 0 Å². The van der Waals surface area contributed by atoms with Gasteiger partial charge >= 0.3 is 0 Å². The van der Waals surface area contributed by atoms with Crippen molar-refractivity contribution in [1.29, 1.82) is 0 Å². The van der Waals surface area contributed by atoms with Gasteiger partial charge in [-0.05, 0) is 59.8 Å². The fraction of sp³-hybridized carbons (Fsp3) is 0.167. The number of hydrogen-bond acceptors (Lipinski definition) is 4. The van der Waals surface area contributed by atoms with E-state index in [1.807, 2.05) is 54.6 Å². The summed E-state index contributed by atoms with van der Waals surface area (Å²) in [7, 11) is 3.28. The van der Waals surface area contributed by atoms with Crippen LogP contribution in [0, 0.1) is 0 Å². The van der Waals surface area contributed by atoms with Crippen LogP contribution in [-0.2, 0) is 13.1 Å². The van der Waals surface area contributed by atoms with Crippen molar-refractivity contribution in [2.75, 3.05) is 24.9 Å². The normalized spacial score (nSPS) is 10.1. The molecule has 3 aromatic carbocycles. The second kappa shape index (κ2) is 11.9. The standard InChI is InChI=1S/C24H26N4O2S2/c1-29-21-10-4-8-19(13-21)27-23(31)25-15-17-6-3-7-18(12-17)16-26-24(32)28-20-9-5-11-22(14-20)30-2/h3-14H,15-16H2,1-2H3,(H2,25,27,31)(H2,26,28,32). The van der Waals surface area contributed by atoms with Crippen molar-refractivity contribution in [3.8, 4) is 11.5 Å². The quantitative estimate of drug-likeness (QED) is 0.357. The minimum Gasteiger partial charge on any atom is -0.497 e. The van der Waals surface area contributed by atoms with Gasteiger partial charge in [-0.25, -0.2) is 0 Å². The van der Waals surface area contributed by atoms with Gasteiger partial charge in [0.1, 0.15) is 11.5 Å². The van der Waals surface area contributed by atoms with Gasteiger partial charge in [-0.2, -0.15) is 0 Å². The predicted octanol–water partition coefficient (Wildman–Crippen LogP) is 4.68. The third kappa shape index (κ3) is 7.40. The number of benzene rings is 3. The van der Waals surface area contributed by atoms with Crippen LogP contribution in [0.2, 0.25) is 0 Å². The molecule has 3 rings (SSSR count). The summed E-state index contributed by atoms with van der Waals surface area (Å²) in [6, 6.07) is 23.5. The molecule has 0 spiro atoms. The Morgan fingerprint density at radius 3 is 1.53 bits per heavy atom. The van der Waals surface area contributed by atoms with Crippen molar-refractivity contribution in [2.45, 2.75) is 13.1 Å². The molecule has 0 amide bonds. The molecule has 4 N–H and O–H groups in total. The SMILES string of the molecule is COc1cccc(NC(=S)NCc2cccc(CNC(=S)Nc3cccc(OC)c3)c2)c1. The Kier molecular flexibility index (Phi) is 8.65. The topological polar surface area (TPSA) is 66.6 Å². The molecule has 0 aliphatic heterocycles. The lowest BCUT2D eigenvalue weighted by Crippen LogP contribution is -2.28. The molecule has 3 aromatic rings. The lowest BCUT2D eigenvalue weighted by molar-refractivity contribution is 0.415. The average molecular weight is 467 g/mol. The minimum absolute atomic E-state index is 0.547. The Hall–Kier alpha value is -3.36. The summed E-state index contributed by atoms with van der Waals surface area (Å²) < 4.78 is 10.5. The van der Waals surface area contributed by atoms with E-state index in [1.54, 1.807) is 14.2 Å². The number of ether oxygens (including phenoxy) is 2. The van der Waals surface area contributed by atoms with Crippen LogP contribution in [-0.4, -0.2) is 24.4 Å². The van der Waals surface area contributed by atoms with E-state index in [0.717, 1.165) is 34.0 Å². The van der Waals surface area contributed by atoms with Crippen molar-refractivity contribution >= 4 is 46.0 Å². The number of rotatable bonds is 8. The maximum absolute atomic E-state index is 5.40. The van der Waals surface area contributed by atoms with Crippen LogP contribution in [0.15, 0.2) is 72.8 Å². The van der Waals surface area contributed by atoms with Crippen LogP contribution in [0.1, 0.15) is 11.1 Å². The first-order valence-corrected chi connectivity index (χ1v) is 10.8. The fourth-order valence-electron chi connectivity index (χ4n) is 2.97. The summed E-state index contributed by atoms with van der Waals surface area (Å²) >= 11 is 10.8.